The van der Waals surface area contributed by atoms with E-state index >= 15 is 0 Å². The number of ketones is 1. The second-order valence-corrected chi connectivity index (χ2v) is 5.15. The molecule has 0 unspecified atom stereocenters. The van der Waals surface area contributed by atoms with Crippen molar-refractivity contribution in [1.82, 2.24) is 0 Å². The van der Waals surface area contributed by atoms with E-state index in [1.165, 1.54) is 0 Å². The number of nitrogens with zero attached hydrogens (tertiary/aromatic N) is 1. The van der Waals surface area contributed by atoms with Crippen LogP contribution in [0, 0.1) is 0 Å². The molecule has 0 saturated heterocycles. The maximum atomic E-state index is 11.9. The van der Waals surface area contributed by atoms with Gasteiger partial charge in [-0.1, -0.05) is 25.1 Å². The quantitative estimate of drug-likeness (QED) is 0.767. The average molecular weight is 245 g/mol. The number of carbonyl (C=O) groups is 1. The zero-order valence-corrected chi connectivity index (χ0v) is 11.2. The van der Waals surface area contributed by atoms with E-state index in [1.54, 1.807) is 0 Å². The van der Waals surface area contributed by atoms with Gasteiger partial charge < -0.3 is 4.74 Å². The molecule has 3 nitrogen and oxygen atoms in total. The molecule has 0 aromatic heterocycles. The van der Waals surface area contributed by atoms with E-state index < -0.39 is 0 Å². The fourth-order valence-electron chi connectivity index (χ4n) is 2.00. The van der Waals surface area contributed by atoms with Gasteiger partial charge in [-0.2, -0.15) is 0 Å². The van der Waals surface area contributed by atoms with Crippen molar-refractivity contribution in [3.63, 3.8) is 0 Å². The largest absolute Gasteiger partial charge is 0.477 e. The molecule has 0 saturated carbocycles. The summed E-state index contributed by atoms with van der Waals surface area (Å²) in [6, 6.07) is 7.54. The molecule has 3 heteroatoms. The Balaban J connectivity index is 2.45. The Morgan fingerprint density at radius 3 is 2.78 bits per heavy atom. The standard InChI is InChI=1S/C15H19NO2/c1-4-13(17)11-7-5-6-8-12(11)14-16-15(2,3)9-10-18-14/h5-8H,4,9-10H2,1-3H3. The van der Waals surface area contributed by atoms with Gasteiger partial charge in [0.25, 0.3) is 0 Å². The maximum absolute atomic E-state index is 11.9. The van der Waals surface area contributed by atoms with Crippen LogP contribution in [0.5, 0.6) is 0 Å². The number of carbonyl (C=O) groups excluding carboxylic acids is 1. The molecule has 2 rings (SSSR count). The van der Waals surface area contributed by atoms with Gasteiger partial charge in [0.2, 0.25) is 5.90 Å². The lowest BCUT2D eigenvalue weighted by Crippen LogP contribution is -2.29. The highest BCUT2D eigenvalue weighted by Crippen LogP contribution is 2.23. The van der Waals surface area contributed by atoms with Gasteiger partial charge in [0.05, 0.1) is 12.1 Å². The number of hydrogen-bond acceptors (Lipinski definition) is 3. The topological polar surface area (TPSA) is 38.7 Å². The van der Waals surface area contributed by atoms with Gasteiger partial charge in [-0.05, 0) is 19.9 Å². The van der Waals surface area contributed by atoms with Crippen LogP contribution in [0.25, 0.3) is 0 Å². The molecule has 0 spiro atoms. The first-order valence-corrected chi connectivity index (χ1v) is 6.39. The summed E-state index contributed by atoms with van der Waals surface area (Å²) in [6.07, 6.45) is 1.40. The normalized spacial score (nSPS) is 17.8. The number of benzene rings is 1. The number of aliphatic imine (C=N–C) groups is 1. The Morgan fingerprint density at radius 2 is 2.11 bits per heavy atom. The van der Waals surface area contributed by atoms with E-state index in [2.05, 4.69) is 18.8 Å². The van der Waals surface area contributed by atoms with Crippen LogP contribution in [-0.4, -0.2) is 23.8 Å². The molecule has 0 N–H and O–H groups in total. The Morgan fingerprint density at radius 1 is 1.39 bits per heavy atom. The summed E-state index contributed by atoms with van der Waals surface area (Å²) in [5.41, 5.74) is 1.41. The minimum atomic E-state index is -0.115. The fraction of sp³-hybridized carbons (Fsp3) is 0.467. The molecule has 1 aliphatic heterocycles. The van der Waals surface area contributed by atoms with Gasteiger partial charge in [-0.25, -0.2) is 4.99 Å². The third-order valence-electron chi connectivity index (χ3n) is 3.14. The molecule has 18 heavy (non-hydrogen) atoms. The third-order valence-corrected chi connectivity index (χ3v) is 3.14. The summed E-state index contributed by atoms with van der Waals surface area (Å²) in [4.78, 5) is 16.5. The lowest BCUT2D eigenvalue weighted by atomic mass is 9.98. The van der Waals surface area contributed by atoms with Crippen molar-refractivity contribution >= 4 is 11.7 Å². The van der Waals surface area contributed by atoms with Gasteiger partial charge in [-0.15, -0.1) is 0 Å². The van der Waals surface area contributed by atoms with Crippen LogP contribution in [0.1, 0.15) is 49.5 Å². The highest BCUT2D eigenvalue weighted by atomic mass is 16.5. The second kappa shape index (κ2) is 4.92. The molecule has 1 aliphatic rings. The van der Waals surface area contributed by atoms with Gasteiger partial charge in [0.15, 0.2) is 5.78 Å². The van der Waals surface area contributed by atoms with Crippen molar-refractivity contribution in [1.29, 1.82) is 0 Å². The van der Waals surface area contributed by atoms with Crippen molar-refractivity contribution in [2.24, 2.45) is 4.99 Å². The maximum Gasteiger partial charge on any atom is 0.217 e. The van der Waals surface area contributed by atoms with Crippen LogP contribution >= 0.6 is 0 Å². The molecule has 1 aromatic carbocycles. The van der Waals surface area contributed by atoms with E-state index in [9.17, 15) is 4.79 Å². The molecule has 0 aliphatic carbocycles. The highest BCUT2D eigenvalue weighted by molar-refractivity contribution is 6.08. The Bertz CT molecular complexity index is 489. The summed E-state index contributed by atoms with van der Waals surface area (Å²) in [6.45, 7) is 6.69. The van der Waals surface area contributed by atoms with Crippen LogP contribution in [0.3, 0.4) is 0 Å². The molecule has 0 radical (unpaired) electrons. The molecule has 0 fully saturated rings. The predicted octanol–water partition coefficient (Wildman–Crippen LogP) is 3.22. The molecular formula is C15H19NO2. The number of ether oxygens (including phenoxy) is 1. The van der Waals surface area contributed by atoms with Crippen molar-refractivity contribution in [3.05, 3.63) is 35.4 Å². The highest BCUT2D eigenvalue weighted by Gasteiger charge is 2.25. The zero-order chi connectivity index (χ0) is 13.2. The van der Waals surface area contributed by atoms with E-state index in [1.807, 2.05) is 31.2 Å². The first-order valence-electron chi connectivity index (χ1n) is 6.39. The molecule has 1 heterocycles. The Labute approximate surface area is 108 Å². The van der Waals surface area contributed by atoms with Crippen molar-refractivity contribution in [2.45, 2.75) is 39.2 Å². The zero-order valence-electron chi connectivity index (χ0n) is 11.2. The third kappa shape index (κ3) is 2.61. The van der Waals surface area contributed by atoms with Gasteiger partial charge >= 0.3 is 0 Å². The molecule has 1 aromatic rings. The number of rotatable bonds is 3. The first-order chi connectivity index (χ1) is 8.53. The van der Waals surface area contributed by atoms with E-state index in [-0.39, 0.29) is 11.3 Å². The second-order valence-electron chi connectivity index (χ2n) is 5.15. The van der Waals surface area contributed by atoms with E-state index in [4.69, 9.17) is 4.74 Å². The summed E-state index contributed by atoms with van der Waals surface area (Å²) in [5.74, 6) is 0.726. The lowest BCUT2D eigenvalue weighted by molar-refractivity contribution is 0.0987. The molecule has 96 valence electrons. The molecule has 0 amide bonds. The summed E-state index contributed by atoms with van der Waals surface area (Å²) in [5, 5.41) is 0. The predicted molar refractivity (Wildman–Crippen MR) is 72.2 cm³/mol. The van der Waals surface area contributed by atoms with Crippen LogP contribution in [0.2, 0.25) is 0 Å². The van der Waals surface area contributed by atoms with Crippen LogP contribution in [0.15, 0.2) is 29.3 Å². The van der Waals surface area contributed by atoms with Crippen LogP contribution in [0.4, 0.5) is 0 Å². The van der Waals surface area contributed by atoms with Crippen LogP contribution < -0.4 is 0 Å². The number of Topliss-reactive ketones (excluding diaryl/α,β-unsaturated/α-hetero) is 1. The van der Waals surface area contributed by atoms with Crippen LogP contribution in [-0.2, 0) is 4.74 Å². The van der Waals surface area contributed by atoms with E-state index in [0.29, 0.717) is 24.5 Å². The smallest absolute Gasteiger partial charge is 0.217 e. The van der Waals surface area contributed by atoms with Crippen molar-refractivity contribution < 1.29 is 9.53 Å². The van der Waals surface area contributed by atoms with Gasteiger partial charge in [0, 0.05) is 24.0 Å². The van der Waals surface area contributed by atoms with Crippen molar-refractivity contribution in [2.75, 3.05) is 6.61 Å². The molecule has 0 bridgehead atoms. The fourth-order valence-corrected chi connectivity index (χ4v) is 2.00. The monoisotopic (exact) mass is 245 g/mol. The van der Waals surface area contributed by atoms with Gasteiger partial charge in [-0.3, -0.25) is 4.79 Å². The number of hydrogen-bond donors (Lipinski definition) is 0. The Hall–Kier alpha value is -1.64. The average Bonchev–Trinajstić information content (AvgIpc) is 2.36. The summed E-state index contributed by atoms with van der Waals surface area (Å²) < 4.78 is 5.63. The lowest BCUT2D eigenvalue weighted by Gasteiger charge is -2.27. The Kier molecular flexibility index (Phi) is 3.50. The molecular weight excluding hydrogens is 226 g/mol. The summed E-state index contributed by atoms with van der Waals surface area (Å²) in [7, 11) is 0. The van der Waals surface area contributed by atoms with Gasteiger partial charge in [0.1, 0.15) is 0 Å². The summed E-state index contributed by atoms with van der Waals surface area (Å²) >= 11 is 0. The minimum absolute atomic E-state index is 0.115. The first kappa shape index (κ1) is 12.8. The molecule has 0 atom stereocenters. The van der Waals surface area contributed by atoms with Crippen molar-refractivity contribution in [3.8, 4) is 0 Å². The SMILES string of the molecule is CCC(=O)c1ccccc1C1=NC(C)(C)CCO1. The minimum Gasteiger partial charge on any atom is -0.477 e. The van der Waals surface area contributed by atoms with E-state index in [0.717, 1.165) is 12.0 Å².